The van der Waals surface area contributed by atoms with Gasteiger partial charge in [0.2, 0.25) is 0 Å². The van der Waals surface area contributed by atoms with E-state index in [1.807, 2.05) is 34.9 Å². The summed E-state index contributed by atoms with van der Waals surface area (Å²) in [7, 11) is 0. The Morgan fingerprint density at radius 2 is 1.62 bits per heavy atom. The molecule has 0 aliphatic heterocycles. The largest absolute Gasteiger partial charge is 0.467 e. The number of furan rings is 2. The summed E-state index contributed by atoms with van der Waals surface area (Å²) in [6.45, 7) is 7.37. The van der Waals surface area contributed by atoms with E-state index in [1.54, 1.807) is 24.5 Å². The van der Waals surface area contributed by atoms with E-state index in [4.69, 9.17) is 8.83 Å². The lowest BCUT2D eigenvalue weighted by Crippen LogP contribution is -2.25. The maximum atomic E-state index is 13.3. The highest BCUT2D eigenvalue weighted by molar-refractivity contribution is 6.04. The van der Waals surface area contributed by atoms with Crippen LogP contribution in [0.3, 0.4) is 0 Å². The van der Waals surface area contributed by atoms with Crippen molar-refractivity contribution in [2.45, 2.75) is 39.3 Å². The molecule has 5 rings (SSSR count). The molecule has 0 atom stereocenters. The number of amides is 2. The third-order valence-electron chi connectivity index (χ3n) is 6.30. The molecule has 0 bridgehead atoms. The Kier molecular flexibility index (Phi) is 6.44. The minimum absolute atomic E-state index is 0.0616. The number of carbonyl (C=O) groups is 2. The minimum atomic E-state index is -0.334. The van der Waals surface area contributed by atoms with Crippen molar-refractivity contribution in [1.29, 1.82) is 0 Å². The van der Waals surface area contributed by atoms with E-state index in [1.165, 1.54) is 11.8 Å². The van der Waals surface area contributed by atoms with Gasteiger partial charge in [-0.25, -0.2) is 0 Å². The molecule has 2 amide bonds. The van der Waals surface area contributed by atoms with Crippen molar-refractivity contribution in [2.24, 2.45) is 0 Å². The lowest BCUT2D eigenvalue weighted by Gasteiger charge is -2.19. The quantitative estimate of drug-likeness (QED) is 0.275. The van der Waals surface area contributed by atoms with Crippen molar-refractivity contribution in [3.8, 4) is 0 Å². The first-order chi connectivity index (χ1) is 17.8. The molecule has 0 saturated heterocycles. The zero-order valence-electron chi connectivity index (χ0n) is 21.1. The monoisotopic (exact) mass is 495 g/mol. The first-order valence-electron chi connectivity index (χ1n) is 12.2. The van der Waals surface area contributed by atoms with Gasteiger partial charge >= 0.3 is 0 Å². The smallest absolute Gasteiger partial charge is 0.291 e. The maximum Gasteiger partial charge on any atom is 0.291 e. The van der Waals surface area contributed by atoms with Gasteiger partial charge in [-0.15, -0.1) is 0 Å². The van der Waals surface area contributed by atoms with Crippen LogP contribution >= 0.6 is 0 Å². The first-order valence-corrected chi connectivity index (χ1v) is 12.2. The van der Waals surface area contributed by atoms with Crippen LogP contribution in [0.4, 0.5) is 5.69 Å². The molecule has 0 spiro atoms. The van der Waals surface area contributed by atoms with Gasteiger partial charge in [0.15, 0.2) is 5.76 Å². The molecule has 0 saturated carbocycles. The van der Waals surface area contributed by atoms with Crippen LogP contribution in [0.2, 0.25) is 0 Å². The Bertz CT molecular complexity index is 1520. The number of benzene rings is 2. The summed E-state index contributed by atoms with van der Waals surface area (Å²) in [5.41, 5.74) is 4.42. The summed E-state index contributed by atoms with van der Waals surface area (Å²) in [6, 6.07) is 22.8. The molecule has 2 aromatic carbocycles. The van der Waals surface area contributed by atoms with Crippen LogP contribution in [0.1, 0.15) is 58.7 Å². The Labute approximate surface area is 215 Å². The van der Waals surface area contributed by atoms with Crippen molar-refractivity contribution in [3.63, 3.8) is 0 Å². The first kappa shape index (κ1) is 24.2. The Hall–Kier alpha value is -4.52. The number of hydrogen-bond acceptors (Lipinski definition) is 4. The average molecular weight is 496 g/mol. The number of hydrogen-bond donors (Lipinski definition) is 2. The van der Waals surface area contributed by atoms with E-state index in [9.17, 15) is 9.59 Å². The predicted octanol–water partition coefficient (Wildman–Crippen LogP) is 6.36. The highest BCUT2D eigenvalue weighted by atomic mass is 16.3. The van der Waals surface area contributed by atoms with E-state index < -0.39 is 0 Å². The Balaban J connectivity index is 1.46. The molecule has 3 heterocycles. The van der Waals surface area contributed by atoms with Gasteiger partial charge in [0.1, 0.15) is 11.5 Å². The van der Waals surface area contributed by atoms with E-state index in [0.29, 0.717) is 23.7 Å². The number of carbonyl (C=O) groups excluding carboxylic acids is 2. The van der Waals surface area contributed by atoms with Crippen molar-refractivity contribution in [1.82, 2.24) is 9.88 Å². The number of rotatable bonds is 7. The minimum Gasteiger partial charge on any atom is -0.467 e. The molecule has 37 heavy (non-hydrogen) atoms. The zero-order chi connectivity index (χ0) is 26.0. The second-order valence-corrected chi connectivity index (χ2v) is 10.0. The Morgan fingerprint density at radius 1 is 0.865 bits per heavy atom. The summed E-state index contributed by atoms with van der Waals surface area (Å²) >= 11 is 0. The summed E-state index contributed by atoms with van der Waals surface area (Å²) < 4.78 is 12.5. The number of nitrogens with one attached hydrogen (secondary N) is 2. The summed E-state index contributed by atoms with van der Waals surface area (Å²) in [4.78, 5) is 25.7. The average Bonchev–Trinajstić information content (AvgIpc) is 3.64. The lowest BCUT2D eigenvalue weighted by atomic mass is 9.87. The van der Waals surface area contributed by atoms with Crippen LogP contribution in [0.15, 0.2) is 94.2 Å². The number of aromatic nitrogens is 1. The molecule has 0 fully saturated rings. The number of fused-ring (bicyclic) bond motifs is 1. The van der Waals surface area contributed by atoms with Gasteiger partial charge in [-0.2, -0.15) is 0 Å². The highest BCUT2D eigenvalue weighted by Crippen LogP contribution is 2.27. The molecule has 0 radical (unpaired) electrons. The van der Waals surface area contributed by atoms with Gasteiger partial charge < -0.3 is 24.0 Å². The van der Waals surface area contributed by atoms with E-state index in [2.05, 4.69) is 55.7 Å². The fourth-order valence-electron chi connectivity index (χ4n) is 4.27. The zero-order valence-corrected chi connectivity index (χ0v) is 21.1. The third-order valence-corrected chi connectivity index (χ3v) is 6.30. The van der Waals surface area contributed by atoms with Gasteiger partial charge in [-0.1, -0.05) is 45.0 Å². The normalized spacial score (nSPS) is 11.5. The standard InChI is InChI=1S/C30H29N3O4/c1-30(2,3)22-10-8-20(9-11-22)19-33-25-13-12-23(32-29(35)27-7-5-15-37-27)16-21(25)17-26(33)28(34)31-18-24-6-4-14-36-24/h4-17H,18-19H2,1-3H3,(H,31,34)(H,32,35). The number of anilines is 1. The van der Waals surface area contributed by atoms with Crippen LogP contribution in [0.25, 0.3) is 10.9 Å². The molecule has 0 unspecified atom stereocenters. The van der Waals surface area contributed by atoms with Gasteiger partial charge in [-0.3, -0.25) is 9.59 Å². The van der Waals surface area contributed by atoms with E-state index in [0.717, 1.165) is 16.5 Å². The molecule has 0 aliphatic carbocycles. The maximum absolute atomic E-state index is 13.3. The fraction of sp³-hybridized carbons (Fsp3) is 0.200. The molecular weight excluding hydrogens is 466 g/mol. The van der Waals surface area contributed by atoms with Crippen LogP contribution in [0.5, 0.6) is 0 Å². The highest BCUT2D eigenvalue weighted by Gasteiger charge is 2.18. The lowest BCUT2D eigenvalue weighted by molar-refractivity contribution is 0.0938. The molecule has 7 heteroatoms. The predicted molar refractivity (Wildman–Crippen MR) is 143 cm³/mol. The van der Waals surface area contributed by atoms with Crippen LogP contribution in [0, 0.1) is 0 Å². The summed E-state index contributed by atoms with van der Waals surface area (Å²) in [5, 5.41) is 6.64. The van der Waals surface area contributed by atoms with Gasteiger partial charge in [0.25, 0.3) is 11.8 Å². The molecule has 0 aliphatic rings. The third kappa shape index (κ3) is 5.35. The number of nitrogens with zero attached hydrogens (tertiary/aromatic N) is 1. The van der Waals surface area contributed by atoms with Crippen molar-refractivity contribution in [2.75, 3.05) is 5.32 Å². The van der Waals surface area contributed by atoms with Gasteiger partial charge in [0, 0.05) is 23.1 Å². The molecule has 2 N–H and O–H groups in total. The second kappa shape index (κ2) is 9.85. The fourth-order valence-corrected chi connectivity index (χ4v) is 4.27. The Morgan fingerprint density at radius 3 is 2.30 bits per heavy atom. The molecule has 7 nitrogen and oxygen atoms in total. The summed E-state index contributed by atoms with van der Waals surface area (Å²) in [5.74, 6) is 0.366. The van der Waals surface area contributed by atoms with Crippen LogP contribution in [-0.4, -0.2) is 16.4 Å². The molecule has 5 aromatic rings. The van der Waals surface area contributed by atoms with Crippen LogP contribution in [-0.2, 0) is 18.5 Å². The topological polar surface area (TPSA) is 89.4 Å². The molecule has 188 valence electrons. The van der Waals surface area contributed by atoms with Crippen molar-refractivity contribution >= 4 is 28.4 Å². The van der Waals surface area contributed by atoms with Gasteiger partial charge in [0.05, 0.1) is 19.1 Å². The summed E-state index contributed by atoms with van der Waals surface area (Å²) in [6.07, 6.45) is 3.04. The molecule has 3 aromatic heterocycles. The van der Waals surface area contributed by atoms with Crippen molar-refractivity contribution < 1.29 is 18.4 Å². The van der Waals surface area contributed by atoms with Crippen LogP contribution < -0.4 is 10.6 Å². The van der Waals surface area contributed by atoms with Gasteiger partial charge in [-0.05, 0) is 65.1 Å². The van der Waals surface area contributed by atoms with Crippen molar-refractivity contribution in [3.05, 3.63) is 114 Å². The second-order valence-electron chi connectivity index (χ2n) is 10.0. The SMILES string of the molecule is CC(C)(C)c1ccc(Cn2c(C(=O)NCc3ccco3)cc3cc(NC(=O)c4ccco4)ccc32)cc1. The molecular formula is C30H29N3O4. The van der Waals surface area contributed by atoms with E-state index >= 15 is 0 Å². The van der Waals surface area contributed by atoms with E-state index in [-0.39, 0.29) is 29.5 Å².